The van der Waals surface area contributed by atoms with Crippen LogP contribution in [-0.2, 0) is 36.8 Å². The largest absolute Gasteiger partial charge is 0.481 e. The second-order valence-electron chi connectivity index (χ2n) is 7.98. The minimum Gasteiger partial charge on any atom is -0.388 e. The third-order valence-corrected chi connectivity index (χ3v) is 7.93. The van der Waals surface area contributed by atoms with Crippen molar-refractivity contribution in [1.29, 1.82) is 0 Å². The molecule has 6 unspecified atom stereocenters. The molecule has 34 heavy (non-hydrogen) atoms. The second kappa shape index (κ2) is 10.8. The first kappa shape index (κ1) is 27.4. The molecule has 0 aromatic carbocycles. The molecule has 7 N–H and O–H groups in total. The van der Waals surface area contributed by atoms with Crippen LogP contribution in [0.15, 0.2) is 24.0 Å². The Morgan fingerprint density at radius 3 is 2.38 bits per heavy atom. The van der Waals surface area contributed by atoms with E-state index in [1.54, 1.807) is 12.3 Å². The van der Waals surface area contributed by atoms with Gasteiger partial charge in [-0.1, -0.05) is 6.08 Å². The van der Waals surface area contributed by atoms with Crippen molar-refractivity contribution < 1.29 is 61.9 Å². The highest BCUT2D eigenvalue weighted by Gasteiger charge is 2.44. The highest BCUT2D eigenvalue weighted by atomic mass is 31.3. The molecule has 194 valence electrons. The Morgan fingerprint density at radius 2 is 1.79 bits per heavy atom. The molecule has 1 amide bonds. The third kappa shape index (κ3) is 6.94. The van der Waals surface area contributed by atoms with Gasteiger partial charge in [0.05, 0.1) is 25.4 Å². The SMILES string of the molecule is CC1OC(COP(=O)(O)OP(=O)(O)OCC2C[C@@H](O)C(N3C=CCC(C(N)=O)=C3)O2)[C@@H](O)[C@H]1O. The van der Waals surface area contributed by atoms with E-state index in [0.29, 0.717) is 12.0 Å². The van der Waals surface area contributed by atoms with E-state index in [1.807, 2.05) is 0 Å². The summed E-state index contributed by atoms with van der Waals surface area (Å²) in [5, 5.41) is 29.7. The molecule has 3 aliphatic rings. The molecule has 3 rings (SSSR count). The summed E-state index contributed by atoms with van der Waals surface area (Å²) >= 11 is 0. The van der Waals surface area contributed by atoms with Gasteiger partial charge in [-0.25, -0.2) is 9.13 Å². The van der Waals surface area contributed by atoms with E-state index in [0.717, 1.165) is 0 Å². The average molecular weight is 530 g/mol. The van der Waals surface area contributed by atoms with Crippen LogP contribution >= 0.6 is 15.6 Å². The van der Waals surface area contributed by atoms with E-state index >= 15 is 0 Å². The number of primary amides is 1. The number of nitrogens with zero attached hydrogens (tertiary/aromatic N) is 1. The molecule has 0 aliphatic carbocycles. The Balaban J connectivity index is 1.48. The fraction of sp³-hybridized carbons (Fsp3) is 0.706. The molecule has 9 atom stereocenters. The van der Waals surface area contributed by atoms with Crippen LogP contribution in [0.1, 0.15) is 19.8 Å². The van der Waals surface area contributed by atoms with Gasteiger partial charge in [-0.15, -0.1) is 0 Å². The van der Waals surface area contributed by atoms with Gasteiger partial charge in [0.15, 0.2) is 6.23 Å². The highest BCUT2D eigenvalue weighted by Crippen LogP contribution is 2.60. The standard InChI is InChI=1S/C17H28N2O13P2/c1-9-14(21)15(22)13(30-9)8-29-34(26,27)32-33(24,25)28-7-11-5-12(20)17(31-11)19-4-2-3-10(6-19)16(18)23/h2,4,6,9,11-15,17,20-22H,3,5,7-8H2,1H3,(H2,18,23)(H,24,25)(H,26,27)/t9?,11?,12-,13?,14+,15-,17?/m1/s1. The quantitative estimate of drug-likeness (QED) is 0.183. The number of ether oxygens (including phenoxy) is 2. The van der Waals surface area contributed by atoms with Crippen molar-refractivity contribution in [3.05, 3.63) is 24.0 Å². The maximum atomic E-state index is 12.1. The Hall–Kier alpha value is -1.19. The molecule has 3 aliphatic heterocycles. The van der Waals surface area contributed by atoms with Crippen molar-refractivity contribution in [3.63, 3.8) is 0 Å². The number of phosphoric acid groups is 2. The number of allylic oxidation sites excluding steroid dienone is 1. The number of aliphatic hydroxyl groups excluding tert-OH is 3. The molecule has 0 aromatic rings. The lowest BCUT2D eigenvalue weighted by atomic mass is 10.1. The predicted octanol–water partition coefficient (Wildman–Crippen LogP) is -1.19. The van der Waals surface area contributed by atoms with Crippen LogP contribution in [-0.4, -0.2) is 92.0 Å². The maximum Gasteiger partial charge on any atom is 0.481 e. The van der Waals surface area contributed by atoms with Gasteiger partial charge in [0.1, 0.15) is 24.4 Å². The van der Waals surface area contributed by atoms with Crippen molar-refractivity contribution in [1.82, 2.24) is 4.90 Å². The average Bonchev–Trinajstić information content (AvgIpc) is 3.24. The molecule has 3 heterocycles. The summed E-state index contributed by atoms with van der Waals surface area (Å²) in [4.78, 5) is 32.3. The van der Waals surface area contributed by atoms with Gasteiger partial charge >= 0.3 is 15.6 Å². The van der Waals surface area contributed by atoms with Crippen LogP contribution in [0.25, 0.3) is 0 Å². The van der Waals surface area contributed by atoms with E-state index in [4.69, 9.17) is 19.7 Å². The number of phosphoric ester groups is 2. The minimum atomic E-state index is -5.13. The molecule has 0 saturated carbocycles. The lowest BCUT2D eigenvalue weighted by molar-refractivity contribution is -0.115. The molecule has 15 nitrogen and oxygen atoms in total. The van der Waals surface area contributed by atoms with E-state index in [1.165, 1.54) is 18.0 Å². The van der Waals surface area contributed by atoms with Crippen LogP contribution in [0.5, 0.6) is 0 Å². The first-order valence-corrected chi connectivity index (χ1v) is 13.2. The van der Waals surface area contributed by atoms with Crippen molar-refractivity contribution in [2.24, 2.45) is 5.73 Å². The van der Waals surface area contributed by atoms with Gasteiger partial charge in [0.25, 0.3) is 0 Å². The summed E-state index contributed by atoms with van der Waals surface area (Å²) in [6.07, 6.45) is -2.47. The van der Waals surface area contributed by atoms with Gasteiger partial charge in [-0.2, -0.15) is 4.31 Å². The monoisotopic (exact) mass is 530 g/mol. The first-order chi connectivity index (χ1) is 15.8. The number of carbonyl (C=O) groups excluding carboxylic acids is 1. The van der Waals surface area contributed by atoms with Gasteiger partial charge in [0, 0.05) is 24.4 Å². The molecule has 0 radical (unpaired) electrons. The van der Waals surface area contributed by atoms with Crippen molar-refractivity contribution in [3.8, 4) is 0 Å². The molecule has 0 aromatic heterocycles. The Labute approximate surface area is 194 Å². The smallest absolute Gasteiger partial charge is 0.388 e. The highest BCUT2D eigenvalue weighted by molar-refractivity contribution is 7.61. The number of amides is 1. The third-order valence-electron chi connectivity index (χ3n) is 5.33. The van der Waals surface area contributed by atoms with Crippen molar-refractivity contribution in [2.75, 3.05) is 13.2 Å². The summed E-state index contributed by atoms with van der Waals surface area (Å²) in [6.45, 7) is 0.180. The molecular weight excluding hydrogens is 502 g/mol. The lowest BCUT2D eigenvalue weighted by Crippen LogP contribution is -2.36. The zero-order chi connectivity index (χ0) is 25.3. The molecule has 0 spiro atoms. The Kier molecular flexibility index (Phi) is 8.72. The Morgan fingerprint density at radius 1 is 1.15 bits per heavy atom. The van der Waals surface area contributed by atoms with Crippen LogP contribution in [0.4, 0.5) is 0 Å². The molecule has 2 fully saturated rings. The van der Waals surface area contributed by atoms with Crippen LogP contribution < -0.4 is 5.73 Å². The number of aliphatic hydroxyl groups is 3. The zero-order valence-electron chi connectivity index (χ0n) is 18.0. The van der Waals surface area contributed by atoms with Gasteiger partial charge in [-0.05, 0) is 13.3 Å². The molecular formula is C17H28N2O13P2. The summed E-state index contributed by atoms with van der Waals surface area (Å²) in [7, 11) is -10.2. The predicted molar refractivity (Wildman–Crippen MR) is 111 cm³/mol. The van der Waals surface area contributed by atoms with E-state index < -0.39 is 77.6 Å². The van der Waals surface area contributed by atoms with Crippen LogP contribution in [0.2, 0.25) is 0 Å². The van der Waals surface area contributed by atoms with Crippen molar-refractivity contribution >= 4 is 21.6 Å². The van der Waals surface area contributed by atoms with Crippen LogP contribution in [0.3, 0.4) is 0 Å². The number of nitrogens with two attached hydrogens (primary N) is 1. The summed E-state index contributed by atoms with van der Waals surface area (Å²) in [5.41, 5.74) is 5.56. The van der Waals surface area contributed by atoms with Gasteiger partial charge in [-0.3, -0.25) is 13.8 Å². The normalized spacial score (nSPS) is 37.3. The topological polar surface area (TPSA) is 228 Å². The van der Waals surface area contributed by atoms with E-state index in [2.05, 4.69) is 8.83 Å². The Bertz CT molecular complexity index is 914. The molecule has 17 heteroatoms. The fourth-order valence-electron chi connectivity index (χ4n) is 3.60. The number of rotatable bonds is 10. The lowest BCUT2D eigenvalue weighted by Gasteiger charge is -2.28. The number of carbonyl (C=O) groups is 1. The summed E-state index contributed by atoms with van der Waals surface area (Å²) in [6, 6.07) is 0. The molecule has 0 bridgehead atoms. The summed E-state index contributed by atoms with van der Waals surface area (Å²) in [5.74, 6) is -0.629. The zero-order valence-corrected chi connectivity index (χ0v) is 19.8. The van der Waals surface area contributed by atoms with Crippen LogP contribution in [0, 0.1) is 0 Å². The minimum absolute atomic E-state index is 0.0144. The summed E-state index contributed by atoms with van der Waals surface area (Å²) < 4.78 is 48.4. The van der Waals surface area contributed by atoms with Crippen molar-refractivity contribution in [2.45, 2.75) is 62.6 Å². The van der Waals surface area contributed by atoms with Gasteiger partial charge in [0.2, 0.25) is 5.91 Å². The van der Waals surface area contributed by atoms with E-state index in [9.17, 15) is 39.0 Å². The first-order valence-electron chi connectivity index (χ1n) is 10.2. The maximum absolute atomic E-state index is 12.1. The second-order valence-corrected chi connectivity index (χ2v) is 11.0. The van der Waals surface area contributed by atoms with E-state index in [-0.39, 0.29) is 6.42 Å². The number of hydrogen-bond donors (Lipinski definition) is 6. The van der Waals surface area contributed by atoms with Gasteiger partial charge < -0.3 is 45.2 Å². The fourth-order valence-corrected chi connectivity index (χ4v) is 5.71. The molecule has 2 saturated heterocycles. The number of hydrogen-bond acceptors (Lipinski definition) is 12.